The molecule has 28 heavy (non-hydrogen) atoms. The Labute approximate surface area is 169 Å². The van der Waals surface area contributed by atoms with Crippen molar-refractivity contribution in [3.8, 4) is 11.5 Å². The highest BCUT2D eigenvalue weighted by Crippen LogP contribution is 2.30. The Morgan fingerprint density at radius 2 is 1.54 bits per heavy atom. The molecule has 0 fully saturated rings. The third-order valence-corrected chi connectivity index (χ3v) is 5.55. The highest BCUT2D eigenvalue weighted by Gasteiger charge is 2.25. The molecule has 0 aliphatic carbocycles. The Balaban J connectivity index is 1.63. The first-order valence-electron chi connectivity index (χ1n) is 9.97. The van der Waals surface area contributed by atoms with E-state index in [1.807, 2.05) is 48.5 Å². The van der Waals surface area contributed by atoms with Crippen molar-refractivity contribution in [2.45, 2.75) is 46.1 Å². The molecule has 0 bridgehead atoms. The molecule has 0 aliphatic heterocycles. The lowest BCUT2D eigenvalue weighted by molar-refractivity contribution is 0.0747. The maximum absolute atomic E-state index is 6.15. The summed E-state index contributed by atoms with van der Waals surface area (Å²) in [6.45, 7) is 10.1. The van der Waals surface area contributed by atoms with Gasteiger partial charge in [-0.1, -0.05) is 62.4 Å². The van der Waals surface area contributed by atoms with Crippen LogP contribution in [0.3, 0.4) is 0 Å². The standard InChI is InChI=1S/C26H30O2/c1-5-26(4,23-15-14-20(2)21(3)16-23)19-27-18-22-10-9-13-25(17-22)28-24-11-7-6-8-12-24/h6-17H,5,18-19H2,1-4H3. The van der Waals surface area contributed by atoms with E-state index in [-0.39, 0.29) is 5.41 Å². The van der Waals surface area contributed by atoms with Crippen LogP contribution < -0.4 is 4.74 Å². The molecule has 2 nitrogen and oxygen atoms in total. The Hall–Kier alpha value is -2.58. The predicted octanol–water partition coefficient (Wildman–Crippen LogP) is 6.98. The van der Waals surface area contributed by atoms with Crippen molar-refractivity contribution < 1.29 is 9.47 Å². The first-order chi connectivity index (χ1) is 13.5. The Bertz CT molecular complexity index is 901. The van der Waals surface area contributed by atoms with E-state index >= 15 is 0 Å². The molecule has 3 aromatic carbocycles. The predicted molar refractivity (Wildman–Crippen MR) is 116 cm³/mol. The average molecular weight is 375 g/mol. The minimum absolute atomic E-state index is 0.0105. The fourth-order valence-corrected chi connectivity index (χ4v) is 3.22. The van der Waals surface area contributed by atoms with Gasteiger partial charge in [0.2, 0.25) is 0 Å². The average Bonchev–Trinajstić information content (AvgIpc) is 2.71. The summed E-state index contributed by atoms with van der Waals surface area (Å²) in [7, 11) is 0. The van der Waals surface area contributed by atoms with Gasteiger partial charge < -0.3 is 9.47 Å². The van der Waals surface area contributed by atoms with E-state index in [4.69, 9.17) is 9.47 Å². The molecule has 0 aromatic heterocycles. The summed E-state index contributed by atoms with van der Waals surface area (Å²) in [5.41, 5.74) is 5.14. The number of hydrogen-bond acceptors (Lipinski definition) is 2. The van der Waals surface area contributed by atoms with Crippen LogP contribution >= 0.6 is 0 Å². The molecule has 0 amide bonds. The van der Waals surface area contributed by atoms with E-state index in [1.165, 1.54) is 16.7 Å². The minimum Gasteiger partial charge on any atom is -0.457 e. The number of rotatable bonds is 8. The quantitative estimate of drug-likeness (QED) is 0.423. The number of ether oxygens (including phenoxy) is 2. The van der Waals surface area contributed by atoms with Gasteiger partial charge in [-0.25, -0.2) is 0 Å². The Morgan fingerprint density at radius 3 is 2.25 bits per heavy atom. The summed E-state index contributed by atoms with van der Waals surface area (Å²) in [6, 6.07) is 24.7. The fourth-order valence-electron chi connectivity index (χ4n) is 3.22. The molecule has 0 saturated carbocycles. The molecule has 3 rings (SSSR count). The maximum atomic E-state index is 6.15. The van der Waals surface area contributed by atoms with Crippen molar-refractivity contribution in [3.63, 3.8) is 0 Å². The van der Waals surface area contributed by atoms with Crippen molar-refractivity contribution >= 4 is 0 Å². The molecule has 0 heterocycles. The molecule has 1 unspecified atom stereocenters. The van der Waals surface area contributed by atoms with E-state index < -0.39 is 0 Å². The zero-order valence-corrected chi connectivity index (χ0v) is 17.4. The number of para-hydroxylation sites is 1. The van der Waals surface area contributed by atoms with Crippen LogP contribution in [0.4, 0.5) is 0 Å². The maximum Gasteiger partial charge on any atom is 0.127 e. The van der Waals surface area contributed by atoms with Gasteiger partial charge in [0.1, 0.15) is 11.5 Å². The number of aryl methyl sites for hydroxylation is 2. The molecule has 2 heteroatoms. The third kappa shape index (κ3) is 5.02. The number of benzene rings is 3. The van der Waals surface area contributed by atoms with Crippen molar-refractivity contribution in [2.75, 3.05) is 6.61 Å². The van der Waals surface area contributed by atoms with E-state index in [9.17, 15) is 0 Å². The molecule has 0 N–H and O–H groups in total. The first kappa shape index (κ1) is 20.2. The van der Waals surface area contributed by atoms with Gasteiger partial charge in [-0.15, -0.1) is 0 Å². The molecule has 1 atom stereocenters. The van der Waals surface area contributed by atoms with Crippen molar-refractivity contribution in [2.24, 2.45) is 0 Å². The highest BCUT2D eigenvalue weighted by molar-refractivity contribution is 5.35. The van der Waals surface area contributed by atoms with E-state index in [2.05, 4.69) is 52.0 Å². The van der Waals surface area contributed by atoms with Crippen LogP contribution in [0.15, 0.2) is 72.8 Å². The minimum atomic E-state index is 0.0105. The molecule has 3 aromatic rings. The van der Waals surface area contributed by atoms with E-state index in [0.717, 1.165) is 23.5 Å². The topological polar surface area (TPSA) is 18.5 Å². The van der Waals surface area contributed by atoms with Gasteiger partial charge in [0, 0.05) is 5.41 Å². The van der Waals surface area contributed by atoms with Gasteiger partial charge in [-0.2, -0.15) is 0 Å². The molecule has 146 valence electrons. The molecular formula is C26H30O2. The van der Waals surface area contributed by atoms with E-state index in [0.29, 0.717) is 13.2 Å². The van der Waals surface area contributed by atoms with Crippen molar-refractivity contribution in [1.82, 2.24) is 0 Å². The van der Waals surface area contributed by atoms with Crippen molar-refractivity contribution in [1.29, 1.82) is 0 Å². The van der Waals surface area contributed by atoms with E-state index in [1.54, 1.807) is 0 Å². The van der Waals surface area contributed by atoms with Gasteiger partial charge in [0.05, 0.1) is 13.2 Å². The van der Waals surface area contributed by atoms with Crippen LogP contribution in [0.5, 0.6) is 11.5 Å². The summed E-state index contributed by atoms with van der Waals surface area (Å²) in [5, 5.41) is 0. The summed E-state index contributed by atoms with van der Waals surface area (Å²) >= 11 is 0. The first-order valence-corrected chi connectivity index (χ1v) is 9.97. The molecule has 0 aliphatic rings. The third-order valence-electron chi connectivity index (χ3n) is 5.55. The fraction of sp³-hybridized carbons (Fsp3) is 0.308. The van der Waals surface area contributed by atoms with Crippen LogP contribution in [-0.4, -0.2) is 6.61 Å². The van der Waals surface area contributed by atoms with Gasteiger partial charge in [-0.3, -0.25) is 0 Å². The monoisotopic (exact) mass is 374 g/mol. The van der Waals surface area contributed by atoms with Crippen molar-refractivity contribution in [3.05, 3.63) is 95.1 Å². The smallest absolute Gasteiger partial charge is 0.127 e. The molecule has 0 radical (unpaired) electrons. The van der Waals surface area contributed by atoms with Crippen LogP contribution in [0, 0.1) is 13.8 Å². The highest BCUT2D eigenvalue weighted by atomic mass is 16.5. The zero-order chi connectivity index (χ0) is 20.0. The largest absolute Gasteiger partial charge is 0.457 e. The normalized spacial score (nSPS) is 13.1. The summed E-state index contributed by atoms with van der Waals surface area (Å²) in [4.78, 5) is 0. The van der Waals surface area contributed by atoms with Gasteiger partial charge in [0.25, 0.3) is 0 Å². The van der Waals surface area contributed by atoms with Crippen LogP contribution in [0.2, 0.25) is 0 Å². The molecule has 0 saturated heterocycles. The second-order valence-corrected chi connectivity index (χ2v) is 7.77. The second-order valence-electron chi connectivity index (χ2n) is 7.77. The number of hydrogen-bond donors (Lipinski definition) is 0. The lowest BCUT2D eigenvalue weighted by atomic mass is 9.80. The Kier molecular flexibility index (Phi) is 6.53. The van der Waals surface area contributed by atoms with Crippen LogP contribution in [0.1, 0.15) is 42.5 Å². The summed E-state index contributed by atoms with van der Waals surface area (Å²) in [5.74, 6) is 1.67. The Morgan fingerprint density at radius 1 is 0.786 bits per heavy atom. The molecular weight excluding hydrogens is 344 g/mol. The van der Waals surface area contributed by atoms with Crippen LogP contribution in [-0.2, 0) is 16.8 Å². The lowest BCUT2D eigenvalue weighted by Crippen LogP contribution is -2.27. The second kappa shape index (κ2) is 9.07. The summed E-state index contributed by atoms with van der Waals surface area (Å²) in [6.07, 6.45) is 1.03. The lowest BCUT2D eigenvalue weighted by Gasteiger charge is -2.29. The summed E-state index contributed by atoms with van der Waals surface area (Å²) < 4.78 is 12.1. The SMILES string of the molecule is CCC(C)(COCc1cccc(Oc2ccccc2)c1)c1ccc(C)c(C)c1. The molecule has 0 spiro atoms. The van der Waals surface area contributed by atoms with Gasteiger partial charge >= 0.3 is 0 Å². The zero-order valence-electron chi connectivity index (χ0n) is 17.4. The van der Waals surface area contributed by atoms with Crippen LogP contribution in [0.25, 0.3) is 0 Å². The van der Waals surface area contributed by atoms with Gasteiger partial charge in [-0.05, 0) is 66.8 Å². The van der Waals surface area contributed by atoms with Gasteiger partial charge in [0.15, 0.2) is 0 Å².